The van der Waals surface area contributed by atoms with Crippen LogP contribution in [0.5, 0.6) is 0 Å². The maximum Gasteiger partial charge on any atom is 0.270 e. The summed E-state index contributed by atoms with van der Waals surface area (Å²) in [6.07, 6.45) is 0. The Morgan fingerprint density at radius 2 is 1.52 bits per heavy atom. The van der Waals surface area contributed by atoms with Crippen LogP contribution in [0.1, 0.15) is 38.8 Å². The number of nitrogens with zero attached hydrogens (tertiary/aromatic N) is 1. The van der Waals surface area contributed by atoms with Crippen LogP contribution in [0.15, 0.2) is 48.5 Å². The monoisotopic (exact) mass is 303 g/mol. The third kappa shape index (κ3) is 2.23. The second-order valence-electron chi connectivity index (χ2n) is 6.04. The number of aromatic nitrogens is 2. The first-order valence-corrected chi connectivity index (χ1v) is 7.66. The van der Waals surface area contributed by atoms with Crippen LogP contribution in [0.25, 0.3) is 11.3 Å². The van der Waals surface area contributed by atoms with Crippen molar-refractivity contribution in [3.8, 4) is 11.3 Å². The number of carbonyl (C=O) groups is 1. The van der Waals surface area contributed by atoms with Crippen molar-refractivity contribution in [1.82, 2.24) is 15.5 Å². The van der Waals surface area contributed by atoms with Crippen LogP contribution in [0.3, 0.4) is 0 Å². The largest absolute Gasteiger partial charge is 0.340 e. The first kappa shape index (κ1) is 13.8. The summed E-state index contributed by atoms with van der Waals surface area (Å²) in [5.74, 6) is -0.101. The number of carbonyl (C=O) groups excluding carboxylic acids is 1. The number of hydrogen-bond acceptors (Lipinski definition) is 2. The number of rotatable bonds is 2. The Morgan fingerprint density at radius 1 is 0.913 bits per heavy atom. The zero-order valence-electron chi connectivity index (χ0n) is 13.1. The fourth-order valence-electron chi connectivity index (χ4n) is 3.02. The van der Waals surface area contributed by atoms with Gasteiger partial charge in [0.2, 0.25) is 0 Å². The van der Waals surface area contributed by atoms with E-state index in [9.17, 15) is 4.79 Å². The molecule has 0 saturated heterocycles. The fourth-order valence-corrected chi connectivity index (χ4v) is 3.02. The first-order valence-electron chi connectivity index (χ1n) is 7.66. The lowest BCUT2D eigenvalue weighted by molar-refractivity contribution is 0.0955. The Hall–Kier alpha value is -2.88. The van der Waals surface area contributed by atoms with E-state index < -0.39 is 0 Å². The van der Waals surface area contributed by atoms with Gasteiger partial charge in [-0.25, -0.2) is 0 Å². The summed E-state index contributed by atoms with van der Waals surface area (Å²) in [6, 6.07) is 16.3. The highest BCUT2D eigenvalue weighted by atomic mass is 16.2. The van der Waals surface area contributed by atoms with Gasteiger partial charge in [-0.15, -0.1) is 0 Å². The summed E-state index contributed by atoms with van der Waals surface area (Å²) in [4.78, 5) is 12.2. The summed E-state index contributed by atoms with van der Waals surface area (Å²) in [5.41, 5.74) is 6.81. The summed E-state index contributed by atoms with van der Waals surface area (Å²) >= 11 is 0. The predicted octanol–water partition coefficient (Wildman–Crippen LogP) is 3.53. The number of fused-ring (bicyclic) bond motifs is 1. The molecular formula is C19H17N3O. The van der Waals surface area contributed by atoms with Gasteiger partial charge in [0.1, 0.15) is 5.69 Å². The van der Waals surface area contributed by atoms with Gasteiger partial charge in [-0.3, -0.25) is 9.89 Å². The van der Waals surface area contributed by atoms with Crippen molar-refractivity contribution >= 4 is 5.91 Å². The second kappa shape index (κ2) is 5.09. The molecule has 0 saturated carbocycles. The average Bonchev–Trinajstić information content (AvgIpc) is 3.11. The van der Waals surface area contributed by atoms with Crippen LogP contribution in [-0.2, 0) is 0 Å². The van der Waals surface area contributed by atoms with Crippen LogP contribution in [0, 0.1) is 13.8 Å². The smallest absolute Gasteiger partial charge is 0.270 e. The lowest BCUT2D eigenvalue weighted by Crippen LogP contribution is -2.21. The van der Waals surface area contributed by atoms with Gasteiger partial charge in [0.05, 0.1) is 11.7 Å². The second-order valence-corrected chi connectivity index (χ2v) is 6.04. The van der Waals surface area contributed by atoms with Crippen molar-refractivity contribution in [2.24, 2.45) is 0 Å². The van der Waals surface area contributed by atoms with Gasteiger partial charge in [-0.1, -0.05) is 59.7 Å². The molecule has 3 aromatic rings. The van der Waals surface area contributed by atoms with Gasteiger partial charge in [0.15, 0.2) is 0 Å². The van der Waals surface area contributed by atoms with E-state index in [0.717, 1.165) is 22.4 Å². The van der Waals surface area contributed by atoms with Gasteiger partial charge in [0, 0.05) is 11.1 Å². The van der Waals surface area contributed by atoms with E-state index >= 15 is 0 Å². The Kier molecular flexibility index (Phi) is 3.05. The molecule has 4 nitrogen and oxygen atoms in total. The molecule has 1 aliphatic rings. The van der Waals surface area contributed by atoms with Crippen LogP contribution in [-0.4, -0.2) is 16.1 Å². The highest BCUT2D eigenvalue weighted by Crippen LogP contribution is 2.36. The van der Waals surface area contributed by atoms with E-state index in [1.54, 1.807) is 0 Å². The molecule has 23 heavy (non-hydrogen) atoms. The van der Waals surface area contributed by atoms with Gasteiger partial charge in [-0.05, 0) is 19.4 Å². The van der Waals surface area contributed by atoms with Gasteiger partial charge in [-0.2, -0.15) is 5.10 Å². The molecule has 2 N–H and O–H groups in total. The molecule has 0 spiro atoms. The first-order chi connectivity index (χ1) is 11.1. The molecule has 0 bridgehead atoms. The Balaban J connectivity index is 1.84. The van der Waals surface area contributed by atoms with Crippen molar-refractivity contribution in [3.63, 3.8) is 0 Å². The molecule has 4 rings (SSSR count). The van der Waals surface area contributed by atoms with Crippen LogP contribution < -0.4 is 5.32 Å². The fraction of sp³-hybridized carbons (Fsp3) is 0.158. The van der Waals surface area contributed by atoms with Crippen molar-refractivity contribution in [3.05, 3.63) is 76.5 Å². The zero-order chi connectivity index (χ0) is 16.0. The van der Waals surface area contributed by atoms with Crippen LogP contribution in [0.4, 0.5) is 0 Å². The summed E-state index contributed by atoms with van der Waals surface area (Å²) in [5, 5.41) is 10.3. The van der Waals surface area contributed by atoms with Crippen LogP contribution >= 0.6 is 0 Å². The van der Waals surface area contributed by atoms with Crippen molar-refractivity contribution in [1.29, 1.82) is 0 Å². The molecule has 2 aromatic carbocycles. The standard InChI is InChI=1S/C19H17N3O/c1-11-3-7-13(8-4-11)16-15-17(14-9-5-12(2)6-10-14)21-22-18(15)19(23)20-16/h3-10,16H,1-2H3,(H,20,23)(H,21,22). The normalized spacial score (nSPS) is 16.3. The molecule has 1 aromatic heterocycles. The van der Waals surface area contributed by atoms with Gasteiger partial charge in [0.25, 0.3) is 5.91 Å². The van der Waals surface area contributed by atoms with Crippen LogP contribution in [0.2, 0.25) is 0 Å². The lowest BCUT2D eigenvalue weighted by atomic mass is 9.96. The average molecular weight is 303 g/mol. The van der Waals surface area contributed by atoms with E-state index in [0.29, 0.717) is 5.69 Å². The molecular weight excluding hydrogens is 286 g/mol. The zero-order valence-corrected chi connectivity index (χ0v) is 13.1. The molecule has 0 radical (unpaired) electrons. The molecule has 1 amide bonds. The number of benzene rings is 2. The van der Waals surface area contributed by atoms with E-state index in [1.165, 1.54) is 11.1 Å². The molecule has 1 atom stereocenters. The number of H-pyrrole nitrogens is 1. The summed E-state index contributed by atoms with van der Waals surface area (Å²) < 4.78 is 0. The molecule has 1 aliphatic heterocycles. The molecule has 1 unspecified atom stereocenters. The minimum atomic E-state index is -0.159. The minimum Gasteiger partial charge on any atom is -0.340 e. The predicted molar refractivity (Wildman–Crippen MR) is 89.2 cm³/mol. The third-order valence-electron chi connectivity index (χ3n) is 4.33. The topological polar surface area (TPSA) is 57.8 Å². The quantitative estimate of drug-likeness (QED) is 0.761. The van der Waals surface area contributed by atoms with E-state index in [4.69, 9.17) is 0 Å². The van der Waals surface area contributed by atoms with Gasteiger partial charge < -0.3 is 5.32 Å². The van der Waals surface area contributed by atoms with Crippen molar-refractivity contribution in [2.45, 2.75) is 19.9 Å². The highest BCUT2D eigenvalue weighted by Gasteiger charge is 2.35. The Morgan fingerprint density at radius 3 is 2.17 bits per heavy atom. The summed E-state index contributed by atoms with van der Waals surface area (Å²) in [6.45, 7) is 4.11. The molecule has 114 valence electrons. The molecule has 2 heterocycles. The number of aryl methyl sites for hydroxylation is 2. The SMILES string of the molecule is Cc1ccc(-c2n[nH]c3c2C(c2ccc(C)cc2)NC3=O)cc1. The highest BCUT2D eigenvalue weighted by molar-refractivity contribution is 6.00. The number of aromatic amines is 1. The minimum absolute atomic E-state index is 0.101. The molecule has 4 heteroatoms. The summed E-state index contributed by atoms with van der Waals surface area (Å²) in [7, 11) is 0. The van der Waals surface area contributed by atoms with E-state index in [2.05, 4.69) is 65.8 Å². The lowest BCUT2D eigenvalue weighted by Gasteiger charge is -2.13. The number of hydrogen-bond donors (Lipinski definition) is 2. The Labute approximate surface area is 134 Å². The van der Waals surface area contributed by atoms with E-state index in [-0.39, 0.29) is 11.9 Å². The third-order valence-corrected chi connectivity index (χ3v) is 4.33. The van der Waals surface area contributed by atoms with Gasteiger partial charge >= 0.3 is 0 Å². The maximum absolute atomic E-state index is 12.2. The molecule has 0 fully saturated rings. The maximum atomic E-state index is 12.2. The number of amides is 1. The Bertz CT molecular complexity index is 876. The van der Waals surface area contributed by atoms with Crippen molar-refractivity contribution in [2.75, 3.05) is 0 Å². The number of nitrogens with one attached hydrogen (secondary N) is 2. The van der Waals surface area contributed by atoms with Crippen molar-refractivity contribution < 1.29 is 4.79 Å². The van der Waals surface area contributed by atoms with E-state index in [1.807, 2.05) is 12.1 Å². The molecule has 0 aliphatic carbocycles.